The highest BCUT2D eigenvalue weighted by Crippen LogP contribution is 2.23. The largest absolute Gasteiger partial charge is 0.496 e. The van der Waals surface area contributed by atoms with Crippen LogP contribution in [0.25, 0.3) is 0 Å². The Bertz CT molecular complexity index is 656. The highest BCUT2D eigenvalue weighted by atomic mass is 127. The normalized spacial score (nSPS) is 10.2. The van der Waals surface area contributed by atoms with Crippen LogP contribution in [0.3, 0.4) is 0 Å². The van der Waals surface area contributed by atoms with Gasteiger partial charge in [0.25, 0.3) is 5.91 Å². The van der Waals surface area contributed by atoms with E-state index >= 15 is 0 Å². The lowest BCUT2D eigenvalue weighted by Gasteiger charge is -2.10. The van der Waals surface area contributed by atoms with Crippen LogP contribution in [0, 0.1) is 10.5 Å². The molecule has 2 aromatic carbocycles. The summed E-state index contributed by atoms with van der Waals surface area (Å²) < 4.78 is 6.29. The molecule has 0 radical (unpaired) electrons. The van der Waals surface area contributed by atoms with Gasteiger partial charge in [-0.3, -0.25) is 4.79 Å². The van der Waals surface area contributed by atoms with Crippen LogP contribution in [0.15, 0.2) is 36.4 Å². The Kier molecular flexibility index (Phi) is 4.49. The first-order valence-corrected chi connectivity index (χ1v) is 7.10. The Morgan fingerprint density at radius 1 is 1.25 bits per heavy atom. The van der Waals surface area contributed by atoms with Gasteiger partial charge in [-0.1, -0.05) is 6.07 Å². The van der Waals surface area contributed by atoms with Crippen LogP contribution in [0.5, 0.6) is 5.75 Å². The first-order chi connectivity index (χ1) is 9.51. The van der Waals surface area contributed by atoms with Gasteiger partial charge in [0, 0.05) is 21.0 Å². The Hall–Kier alpha value is -1.76. The molecule has 0 aromatic heterocycles. The van der Waals surface area contributed by atoms with E-state index < -0.39 is 0 Å². The molecule has 0 saturated carbocycles. The van der Waals surface area contributed by atoms with Gasteiger partial charge < -0.3 is 15.8 Å². The van der Waals surface area contributed by atoms with Crippen molar-refractivity contribution in [2.45, 2.75) is 6.92 Å². The number of ether oxygens (including phenoxy) is 1. The van der Waals surface area contributed by atoms with Crippen LogP contribution >= 0.6 is 22.6 Å². The molecular weight excluding hydrogens is 367 g/mol. The van der Waals surface area contributed by atoms with Crippen molar-refractivity contribution in [1.29, 1.82) is 0 Å². The molecule has 3 N–H and O–H groups in total. The second kappa shape index (κ2) is 6.13. The first kappa shape index (κ1) is 14.6. The van der Waals surface area contributed by atoms with Gasteiger partial charge in [0.2, 0.25) is 0 Å². The fourth-order valence-electron chi connectivity index (χ4n) is 1.76. The number of aryl methyl sites for hydroxylation is 1. The smallest absolute Gasteiger partial charge is 0.259 e. The average Bonchev–Trinajstić information content (AvgIpc) is 2.42. The zero-order valence-corrected chi connectivity index (χ0v) is 13.4. The van der Waals surface area contributed by atoms with Crippen LogP contribution in [0.4, 0.5) is 11.4 Å². The number of nitrogen functional groups attached to an aromatic ring is 1. The maximum atomic E-state index is 12.3. The van der Waals surface area contributed by atoms with E-state index in [4.69, 9.17) is 10.5 Å². The number of halogens is 1. The molecule has 2 aromatic rings. The number of amides is 1. The van der Waals surface area contributed by atoms with Gasteiger partial charge in [-0.25, -0.2) is 0 Å². The van der Waals surface area contributed by atoms with E-state index in [2.05, 4.69) is 27.9 Å². The van der Waals surface area contributed by atoms with Crippen LogP contribution in [0.1, 0.15) is 15.9 Å². The van der Waals surface area contributed by atoms with Crippen molar-refractivity contribution in [2.75, 3.05) is 18.2 Å². The van der Waals surface area contributed by atoms with Crippen LogP contribution in [-0.4, -0.2) is 13.0 Å². The Morgan fingerprint density at radius 2 is 2.00 bits per heavy atom. The fraction of sp³-hybridized carbons (Fsp3) is 0.133. The second-order valence-electron chi connectivity index (χ2n) is 4.38. The molecule has 4 nitrogen and oxygen atoms in total. The lowest BCUT2D eigenvalue weighted by atomic mass is 10.1. The molecule has 0 aliphatic rings. The summed E-state index contributed by atoms with van der Waals surface area (Å²) in [7, 11) is 1.51. The Balaban J connectivity index is 2.25. The predicted molar refractivity (Wildman–Crippen MR) is 89.3 cm³/mol. The SMILES string of the molecule is COc1cc(N)ccc1C(=O)Nc1ccc(C)c(I)c1. The monoisotopic (exact) mass is 382 g/mol. The zero-order chi connectivity index (χ0) is 14.7. The molecule has 0 atom stereocenters. The van der Waals surface area contributed by atoms with Gasteiger partial charge in [0.1, 0.15) is 5.75 Å². The number of carbonyl (C=O) groups excluding carboxylic acids is 1. The molecule has 104 valence electrons. The van der Waals surface area contributed by atoms with Gasteiger partial charge in [-0.15, -0.1) is 0 Å². The van der Waals surface area contributed by atoms with Gasteiger partial charge >= 0.3 is 0 Å². The summed E-state index contributed by atoms with van der Waals surface area (Å²) in [5, 5.41) is 2.86. The van der Waals surface area contributed by atoms with Gasteiger partial charge in [-0.05, 0) is 59.3 Å². The molecule has 0 bridgehead atoms. The summed E-state index contributed by atoms with van der Waals surface area (Å²) in [6.45, 7) is 2.02. The molecule has 0 aliphatic carbocycles. The van der Waals surface area contributed by atoms with E-state index in [1.807, 2.05) is 25.1 Å². The molecule has 5 heteroatoms. The summed E-state index contributed by atoms with van der Waals surface area (Å²) in [6.07, 6.45) is 0. The number of carbonyl (C=O) groups is 1. The third kappa shape index (κ3) is 3.22. The van der Waals surface area contributed by atoms with Gasteiger partial charge in [-0.2, -0.15) is 0 Å². The van der Waals surface area contributed by atoms with Crippen LogP contribution in [0.2, 0.25) is 0 Å². The quantitative estimate of drug-likeness (QED) is 0.632. The number of anilines is 2. The number of nitrogens with one attached hydrogen (secondary N) is 1. The fourth-order valence-corrected chi connectivity index (χ4v) is 2.28. The Labute approximate surface area is 131 Å². The summed E-state index contributed by atoms with van der Waals surface area (Å²) in [5.41, 5.74) is 8.62. The number of hydrogen-bond acceptors (Lipinski definition) is 3. The maximum Gasteiger partial charge on any atom is 0.259 e. The van der Waals surface area contributed by atoms with Crippen molar-refractivity contribution in [3.05, 3.63) is 51.1 Å². The van der Waals surface area contributed by atoms with Crippen LogP contribution < -0.4 is 15.8 Å². The molecule has 1 amide bonds. The minimum atomic E-state index is -0.221. The van der Waals surface area contributed by atoms with Gasteiger partial charge in [0.05, 0.1) is 12.7 Å². The standard InChI is InChI=1S/C15H15IN2O2/c1-9-3-5-11(8-13(9)16)18-15(19)12-6-4-10(17)7-14(12)20-2/h3-8H,17H2,1-2H3,(H,18,19). The molecule has 20 heavy (non-hydrogen) atoms. The van der Waals surface area contributed by atoms with E-state index in [1.54, 1.807) is 18.2 Å². The summed E-state index contributed by atoms with van der Waals surface area (Å²) in [4.78, 5) is 12.3. The first-order valence-electron chi connectivity index (χ1n) is 6.02. The number of nitrogens with two attached hydrogens (primary N) is 1. The summed E-state index contributed by atoms with van der Waals surface area (Å²) in [6, 6.07) is 10.7. The highest BCUT2D eigenvalue weighted by Gasteiger charge is 2.13. The van der Waals surface area contributed by atoms with E-state index in [0.717, 1.165) is 9.26 Å². The number of benzene rings is 2. The molecule has 0 fully saturated rings. The second-order valence-corrected chi connectivity index (χ2v) is 5.54. The van der Waals surface area contributed by atoms with Crippen molar-refractivity contribution >= 4 is 39.9 Å². The topological polar surface area (TPSA) is 64.3 Å². The van der Waals surface area contributed by atoms with Gasteiger partial charge in [0.15, 0.2) is 0 Å². The molecule has 0 aliphatic heterocycles. The molecule has 2 rings (SSSR count). The third-order valence-electron chi connectivity index (χ3n) is 2.90. The maximum absolute atomic E-state index is 12.3. The van der Waals surface area contributed by atoms with E-state index in [1.165, 1.54) is 12.7 Å². The number of methoxy groups -OCH3 is 1. The van der Waals surface area contributed by atoms with Crippen molar-refractivity contribution in [3.63, 3.8) is 0 Å². The van der Waals surface area contributed by atoms with E-state index in [-0.39, 0.29) is 5.91 Å². The van der Waals surface area contributed by atoms with E-state index in [0.29, 0.717) is 17.0 Å². The molecule has 0 heterocycles. The zero-order valence-electron chi connectivity index (χ0n) is 11.2. The van der Waals surface area contributed by atoms with Crippen molar-refractivity contribution in [2.24, 2.45) is 0 Å². The lowest BCUT2D eigenvalue weighted by Crippen LogP contribution is -2.13. The van der Waals surface area contributed by atoms with Crippen LogP contribution in [-0.2, 0) is 0 Å². The van der Waals surface area contributed by atoms with E-state index in [9.17, 15) is 4.79 Å². The van der Waals surface area contributed by atoms with Crippen molar-refractivity contribution in [3.8, 4) is 5.75 Å². The number of hydrogen-bond donors (Lipinski definition) is 2. The summed E-state index contributed by atoms with van der Waals surface area (Å²) >= 11 is 2.24. The average molecular weight is 382 g/mol. The predicted octanol–water partition coefficient (Wildman–Crippen LogP) is 3.44. The molecular formula is C15H15IN2O2. The van der Waals surface area contributed by atoms with Crippen molar-refractivity contribution < 1.29 is 9.53 Å². The highest BCUT2D eigenvalue weighted by molar-refractivity contribution is 14.1. The third-order valence-corrected chi connectivity index (χ3v) is 4.06. The number of rotatable bonds is 3. The Morgan fingerprint density at radius 3 is 2.65 bits per heavy atom. The lowest BCUT2D eigenvalue weighted by molar-refractivity contribution is 0.102. The molecule has 0 saturated heterocycles. The van der Waals surface area contributed by atoms with Crippen molar-refractivity contribution in [1.82, 2.24) is 0 Å². The molecule has 0 unspecified atom stereocenters. The summed E-state index contributed by atoms with van der Waals surface area (Å²) in [5.74, 6) is 0.241. The minimum absolute atomic E-state index is 0.221. The molecule has 0 spiro atoms. The minimum Gasteiger partial charge on any atom is -0.496 e.